The lowest BCUT2D eigenvalue weighted by molar-refractivity contribution is 0.0209. The van der Waals surface area contributed by atoms with Gasteiger partial charge in [0, 0.05) is 26.2 Å². The van der Waals surface area contributed by atoms with E-state index < -0.39 is 5.60 Å². The third kappa shape index (κ3) is 5.14. The van der Waals surface area contributed by atoms with Crippen LogP contribution in [0.5, 0.6) is 0 Å². The standard InChI is InChI=1S/C16H25ClN4O2S/c1-16(2,3)23-15(22)20(4)11-7-6-8-21(10-11)13-9-12(17)18-14(19-13)24-5/h9,11H,6-8,10H2,1-5H3/t11-/m0/s1. The van der Waals surface area contributed by atoms with Crippen molar-refractivity contribution in [1.82, 2.24) is 14.9 Å². The van der Waals surface area contributed by atoms with E-state index in [4.69, 9.17) is 16.3 Å². The SMILES string of the molecule is CSc1nc(Cl)cc(N2CCC[C@H](N(C)C(=O)OC(C)(C)C)C2)n1. The van der Waals surface area contributed by atoms with E-state index in [9.17, 15) is 4.79 Å². The van der Waals surface area contributed by atoms with Gasteiger partial charge in [0.1, 0.15) is 16.6 Å². The van der Waals surface area contributed by atoms with Crippen LogP contribution in [0.1, 0.15) is 33.6 Å². The van der Waals surface area contributed by atoms with Crippen molar-refractivity contribution in [3.63, 3.8) is 0 Å². The Morgan fingerprint density at radius 3 is 2.79 bits per heavy atom. The Morgan fingerprint density at radius 2 is 2.17 bits per heavy atom. The van der Waals surface area contributed by atoms with Crippen molar-refractivity contribution in [3.8, 4) is 0 Å². The Balaban J connectivity index is 2.09. The molecule has 24 heavy (non-hydrogen) atoms. The van der Waals surface area contributed by atoms with Gasteiger partial charge in [0.2, 0.25) is 0 Å². The number of nitrogens with zero attached hydrogens (tertiary/aromatic N) is 4. The molecule has 1 saturated heterocycles. The number of carbonyl (C=O) groups excluding carboxylic acids is 1. The molecule has 0 saturated carbocycles. The lowest BCUT2D eigenvalue weighted by atomic mass is 10.0. The minimum Gasteiger partial charge on any atom is -0.444 e. The molecule has 1 fully saturated rings. The van der Waals surface area contributed by atoms with Crippen molar-refractivity contribution < 1.29 is 9.53 Å². The summed E-state index contributed by atoms with van der Waals surface area (Å²) < 4.78 is 5.47. The maximum atomic E-state index is 12.3. The van der Waals surface area contributed by atoms with Gasteiger partial charge in [-0.3, -0.25) is 0 Å². The quantitative estimate of drug-likeness (QED) is 0.458. The van der Waals surface area contributed by atoms with Gasteiger partial charge in [-0.1, -0.05) is 23.4 Å². The first-order valence-corrected chi connectivity index (χ1v) is 9.59. The molecule has 1 aliphatic rings. The van der Waals surface area contributed by atoms with E-state index >= 15 is 0 Å². The summed E-state index contributed by atoms with van der Waals surface area (Å²) in [5.74, 6) is 0.807. The smallest absolute Gasteiger partial charge is 0.410 e. The summed E-state index contributed by atoms with van der Waals surface area (Å²) in [6.45, 7) is 7.22. The number of hydrogen-bond donors (Lipinski definition) is 0. The monoisotopic (exact) mass is 372 g/mol. The molecule has 1 amide bonds. The van der Waals surface area contributed by atoms with Crippen LogP contribution in [0, 0.1) is 0 Å². The summed E-state index contributed by atoms with van der Waals surface area (Å²) in [4.78, 5) is 24.8. The summed E-state index contributed by atoms with van der Waals surface area (Å²) >= 11 is 7.56. The van der Waals surface area contributed by atoms with Crippen molar-refractivity contribution in [2.75, 3.05) is 31.3 Å². The molecule has 8 heteroatoms. The summed E-state index contributed by atoms with van der Waals surface area (Å²) in [5, 5.41) is 1.09. The van der Waals surface area contributed by atoms with E-state index in [2.05, 4.69) is 14.9 Å². The van der Waals surface area contributed by atoms with Crippen LogP contribution in [0.3, 0.4) is 0 Å². The predicted octanol–water partition coefficient (Wildman–Crippen LogP) is 3.69. The van der Waals surface area contributed by atoms with E-state index in [1.807, 2.05) is 27.0 Å². The number of ether oxygens (including phenoxy) is 1. The number of carbonyl (C=O) groups is 1. The summed E-state index contributed by atoms with van der Waals surface area (Å²) in [6.07, 6.45) is 3.55. The van der Waals surface area contributed by atoms with E-state index in [0.29, 0.717) is 16.9 Å². The molecule has 0 unspecified atom stereocenters. The predicted molar refractivity (Wildman–Crippen MR) is 98.1 cm³/mol. The van der Waals surface area contributed by atoms with Gasteiger partial charge in [0.05, 0.1) is 6.04 Å². The van der Waals surface area contributed by atoms with Gasteiger partial charge in [-0.15, -0.1) is 0 Å². The molecule has 1 aromatic heterocycles. The van der Waals surface area contributed by atoms with E-state index in [1.54, 1.807) is 18.0 Å². The van der Waals surface area contributed by atoms with Gasteiger partial charge in [-0.2, -0.15) is 0 Å². The first kappa shape index (κ1) is 19.1. The molecular weight excluding hydrogens is 348 g/mol. The average molecular weight is 373 g/mol. The van der Waals surface area contributed by atoms with Crippen LogP contribution >= 0.6 is 23.4 Å². The fourth-order valence-corrected chi connectivity index (χ4v) is 3.20. The van der Waals surface area contributed by atoms with Crippen LogP contribution in [-0.4, -0.2) is 59.0 Å². The number of halogens is 1. The number of hydrogen-bond acceptors (Lipinski definition) is 6. The molecule has 6 nitrogen and oxygen atoms in total. The molecule has 0 spiro atoms. The Kier molecular flexibility index (Phi) is 6.20. The fourth-order valence-electron chi connectivity index (χ4n) is 2.60. The maximum Gasteiger partial charge on any atom is 0.410 e. The van der Waals surface area contributed by atoms with Crippen molar-refractivity contribution in [3.05, 3.63) is 11.2 Å². The molecular formula is C16H25ClN4O2S. The van der Waals surface area contributed by atoms with Gasteiger partial charge in [0.25, 0.3) is 0 Å². The highest BCUT2D eigenvalue weighted by Gasteiger charge is 2.29. The molecule has 2 rings (SSSR count). The Hall–Kier alpha value is -1.21. The number of rotatable bonds is 3. The number of aromatic nitrogens is 2. The molecule has 0 bridgehead atoms. The van der Waals surface area contributed by atoms with Gasteiger partial charge >= 0.3 is 6.09 Å². The summed E-state index contributed by atoms with van der Waals surface area (Å²) in [5.41, 5.74) is -0.493. The highest BCUT2D eigenvalue weighted by molar-refractivity contribution is 7.98. The minimum atomic E-state index is -0.493. The molecule has 1 aliphatic heterocycles. The summed E-state index contributed by atoms with van der Waals surface area (Å²) in [7, 11) is 1.79. The zero-order chi connectivity index (χ0) is 17.9. The average Bonchev–Trinajstić information content (AvgIpc) is 2.52. The van der Waals surface area contributed by atoms with Crippen molar-refractivity contribution in [2.24, 2.45) is 0 Å². The van der Waals surface area contributed by atoms with Crippen LogP contribution in [0.25, 0.3) is 0 Å². The molecule has 0 aliphatic carbocycles. The van der Waals surface area contributed by atoms with Crippen molar-refractivity contribution in [1.29, 1.82) is 0 Å². The van der Waals surface area contributed by atoms with Crippen molar-refractivity contribution >= 4 is 35.3 Å². The number of likely N-dealkylation sites (N-methyl/N-ethyl adjacent to an activating group) is 1. The summed E-state index contributed by atoms with van der Waals surface area (Å²) in [6, 6.07) is 1.86. The molecule has 0 N–H and O–H groups in total. The Bertz CT molecular complexity index is 594. The first-order chi connectivity index (χ1) is 11.2. The Labute approximate surface area is 152 Å². The molecule has 134 valence electrons. The number of anilines is 1. The lowest BCUT2D eigenvalue weighted by Gasteiger charge is -2.38. The van der Waals surface area contributed by atoms with Crippen LogP contribution in [0.15, 0.2) is 11.2 Å². The third-order valence-electron chi connectivity index (χ3n) is 3.79. The Morgan fingerprint density at radius 1 is 1.46 bits per heavy atom. The second kappa shape index (κ2) is 7.78. The highest BCUT2D eigenvalue weighted by atomic mass is 35.5. The molecule has 0 radical (unpaired) electrons. The molecule has 1 aromatic rings. The van der Waals surface area contributed by atoms with E-state index in [-0.39, 0.29) is 12.1 Å². The molecule has 0 aromatic carbocycles. The van der Waals surface area contributed by atoms with Crippen LogP contribution in [0.4, 0.5) is 10.6 Å². The normalized spacial score (nSPS) is 18.4. The second-order valence-corrected chi connectivity index (χ2v) is 8.03. The first-order valence-electron chi connectivity index (χ1n) is 7.99. The maximum absolute atomic E-state index is 12.3. The number of piperidine rings is 1. The van der Waals surface area contributed by atoms with Gasteiger partial charge < -0.3 is 14.5 Å². The van der Waals surface area contributed by atoms with Crippen LogP contribution < -0.4 is 4.90 Å². The molecule has 2 heterocycles. The third-order valence-corrected chi connectivity index (χ3v) is 4.53. The topological polar surface area (TPSA) is 58.6 Å². The lowest BCUT2D eigenvalue weighted by Crippen LogP contribution is -2.50. The largest absolute Gasteiger partial charge is 0.444 e. The van der Waals surface area contributed by atoms with Crippen molar-refractivity contribution in [2.45, 2.75) is 50.4 Å². The van der Waals surface area contributed by atoms with Gasteiger partial charge in [-0.05, 0) is 39.9 Å². The van der Waals surface area contributed by atoms with Gasteiger partial charge in [-0.25, -0.2) is 14.8 Å². The van der Waals surface area contributed by atoms with Crippen LogP contribution in [-0.2, 0) is 4.74 Å². The van der Waals surface area contributed by atoms with Gasteiger partial charge in [0.15, 0.2) is 5.16 Å². The molecule has 1 atom stereocenters. The van der Waals surface area contributed by atoms with E-state index in [0.717, 1.165) is 25.2 Å². The highest BCUT2D eigenvalue weighted by Crippen LogP contribution is 2.25. The van der Waals surface area contributed by atoms with Crippen LogP contribution in [0.2, 0.25) is 5.15 Å². The van der Waals surface area contributed by atoms with E-state index in [1.165, 1.54) is 11.8 Å². The number of amides is 1. The fraction of sp³-hybridized carbons (Fsp3) is 0.688. The minimum absolute atomic E-state index is 0.0834. The second-order valence-electron chi connectivity index (χ2n) is 6.87. The zero-order valence-electron chi connectivity index (χ0n) is 14.9. The number of thioether (sulfide) groups is 1. The zero-order valence-corrected chi connectivity index (χ0v) is 16.4.